The third-order valence-corrected chi connectivity index (χ3v) is 5.85. The number of rotatable bonds is 6. The Hall–Kier alpha value is -4.03. The van der Waals surface area contributed by atoms with Gasteiger partial charge in [0.15, 0.2) is 0 Å². The summed E-state index contributed by atoms with van der Waals surface area (Å²) in [5, 5.41) is 11.0. The Bertz CT molecular complexity index is 1280. The third-order valence-electron chi connectivity index (χ3n) is 5.85. The van der Waals surface area contributed by atoms with Crippen LogP contribution in [0.1, 0.15) is 36.9 Å². The number of aryl methyl sites for hydroxylation is 1. The zero-order valence-electron chi connectivity index (χ0n) is 19.8. The lowest BCUT2D eigenvalue weighted by molar-refractivity contribution is -0.152. The second-order valence-corrected chi connectivity index (χ2v) is 8.44. The predicted octanol–water partition coefficient (Wildman–Crippen LogP) is 3.53. The number of anilines is 2. The molecule has 1 aliphatic rings. The highest BCUT2D eigenvalue weighted by atomic mass is 19.4. The van der Waals surface area contributed by atoms with Gasteiger partial charge in [-0.3, -0.25) is 4.79 Å². The second-order valence-electron chi connectivity index (χ2n) is 8.44. The summed E-state index contributed by atoms with van der Waals surface area (Å²) < 4.78 is 45.3. The van der Waals surface area contributed by atoms with Gasteiger partial charge in [-0.1, -0.05) is 5.21 Å². The molecule has 36 heavy (non-hydrogen) atoms. The Balaban J connectivity index is 1.54. The van der Waals surface area contributed by atoms with Gasteiger partial charge in [0, 0.05) is 12.7 Å². The molecule has 0 bridgehead atoms. The van der Waals surface area contributed by atoms with Gasteiger partial charge in [0.25, 0.3) is 0 Å². The molecule has 190 valence electrons. The van der Waals surface area contributed by atoms with Crippen molar-refractivity contribution in [2.24, 2.45) is 0 Å². The van der Waals surface area contributed by atoms with E-state index >= 15 is 0 Å². The summed E-state index contributed by atoms with van der Waals surface area (Å²) in [4.78, 5) is 34.9. The number of amides is 1. The van der Waals surface area contributed by atoms with Crippen molar-refractivity contribution in [3.8, 4) is 11.4 Å². The molecule has 0 spiro atoms. The van der Waals surface area contributed by atoms with Gasteiger partial charge >= 0.3 is 12.1 Å². The molecule has 0 radical (unpaired) electrons. The number of halogens is 3. The molecule has 2 atom stereocenters. The Labute approximate surface area is 204 Å². The van der Waals surface area contributed by atoms with E-state index in [0.717, 1.165) is 23.9 Å². The average Bonchev–Trinajstić information content (AvgIpc) is 3.52. The topological polar surface area (TPSA) is 115 Å². The predicted molar refractivity (Wildman–Crippen MR) is 122 cm³/mol. The van der Waals surface area contributed by atoms with E-state index in [1.54, 1.807) is 32.2 Å². The van der Waals surface area contributed by atoms with Crippen molar-refractivity contribution < 1.29 is 27.5 Å². The first-order chi connectivity index (χ1) is 17.1. The van der Waals surface area contributed by atoms with Crippen molar-refractivity contribution in [2.75, 3.05) is 19.0 Å². The minimum atomic E-state index is -4.50. The van der Waals surface area contributed by atoms with Crippen LogP contribution in [0.25, 0.3) is 11.4 Å². The number of nitrogens with one attached hydrogen (secondary N) is 1. The van der Waals surface area contributed by atoms with E-state index in [4.69, 9.17) is 4.74 Å². The Kier molecular flexibility index (Phi) is 6.91. The molecule has 1 amide bonds. The highest BCUT2D eigenvalue weighted by molar-refractivity contribution is 5.87. The van der Waals surface area contributed by atoms with Crippen LogP contribution >= 0.6 is 0 Å². The first-order valence-corrected chi connectivity index (χ1v) is 11.2. The van der Waals surface area contributed by atoms with Crippen LogP contribution in [0, 0.1) is 6.92 Å². The molecule has 4 rings (SSSR count). The number of carbonyl (C=O) groups is 2. The molecule has 1 aliphatic heterocycles. The van der Waals surface area contributed by atoms with Crippen molar-refractivity contribution in [1.82, 2.24) is 29.9 Å². The van der Waals surface area contributed by atoms with E-state index in [9.17, 15) is 22.8 Å². The first kappa shape index (κ1) is 25.1. The summed E-state index contributed by atoms with van der Waals surface area (Å²) in [5.41, 5.74) is 0.710. The van der Waals surface area contributed by atoms with Crippen molar-refractivity contribution in [1.29, 1.82) is 0 Å². The number of carbonyl (C=O) groups excluding carboxylic acids is 2. The van der Waals surface area contributed by atoms with E-state index in [2.05, 4.69) is 25.6 Å². The normalized spacial score (nSPS) is 16.6. The van der Waals surface area contributed by atoms with Crippen molar-refractivity contribution in [2.45, 2.75) is 44.9 Å². The van der Waals surface area contributed by atoms with E-state index in [0.29, 0.717) is 30.8 Å². The van der Waals surface area contributed by atoms with Gasteiger partial charge < -0.3 is 15.0 Å². The van der Waals surface area contributed by atoms with Gasteiger partial charge in [-0.05, 0) is 56.5 Å². The quantitative estimate of drug-likeness (QED) is 0.508. The fraction of sp³-hybridized carbons (Fsp3) is 0.391. The zero-order chi connectivity index (χ0) is 26.0. The number of hydrogen-bond donors (Lipinski definition) is 1. The van der Waals surface area contributed by atoms with Gasteiger partial charge in [0.1, 0.15) is 29.4 Å². The number of aromatic nitrogens is 5. The molecule has 0 unspecified atom stereocenters. The SMILES string of the molecule is COC(=O)[C@@H]1CCCN1C(=O)[C@H](C)n1cc(-c2cc(C)cc(Nc3cc(C(F)(F)F)ccn3)n2)nn1. The average molecular weight is 503 g/mol. The number of nitrogens with zero attached hydrogens (tertiary/aromatic N) is 6. The summed E-state index contributed by atoms with van der Waals surface area (Å²) in [6.45, 7) is 3.90. The maximum absolute atomic E-state index is 13.0. The smallest absolute Gasteiger partial charge is 0.416 e. The molecule has 13 heteroatoms. The largest absolute Gasteiger partial charge is 0.467 e. The second kappa shape index (κ2) is 9.91. The maximum Gasteiger partial charge on any atom is 0.416 e. The summed E-state index contributed by atoms with van der Waals surface area (Å²) >= 11 is 0. The molecule has 1 N–H and O–H groups in total. The number of alkyl halides is 3. The first-order valence-electron chi connectivity index (χ1n) is 11.2. The summed E-state index contributed by atoms with van der Waals surface area (Å²) in [6, 6.07) is 3.82. The van der Waals surface area contributed by atoms with Gasteiger partial charge in [-0.2, -0.15) is 13.2 Å². The molecule has 1 fully saturated rings. The highest BCUT2D eigenvalue weighted by Gasteiger charge is 2.37. The van der Waals surface area contributed by atoms with Crippen LogP contribution in [-0.2, 0) is 20.5 Å². The number of pyridine rings is 2. The summed E-state index contributed by atoms with van der Waals surface area (Å²) in [6.07, 6.45) is -0.637. The van der Waals surface area contributed by atoms with Crippen LogP contribution < -0.4 is 5.32 Å². The van der Waals surface area contributed by atoms with Gasteiger partial charge in [0.05, 0.1) is 24.6 Å². The maximum atomic E-state index is 13.0. The molecule has 0 aliphatic carbocycles. The number of hydrogen-bond acceptors (Lipinski definition) is 8. The fourth-order valence-corrected chi connectivity index (χ4v) is 4.02. The summed E-state index contributed by atoms with van der Waals surface area (Å²) in [7, 11) is 1.29. The molecule has 1 saturated heterocycles. The van der Waals surface area contributed by atoms with Crippen LogP contribution in [0.5, 0.6) is 0 Å². The van der Waals surface area contributed by atoms with E-state index in [-0.39, 0.29) is 17.5 Å². The molecule has 4 heterocycles. The lowest BCUT2D eigenvalue weighted by Gasteiger charge is -2.25. The minimum absolute atomic E-state index is 0.0116. The Morgan fingerprint density at radius 2 is 1.97 bits per heavy atom. The number of likely N-dealkylation sites (tertiary alicyclic amines) is 1. The Morgan fingerprint density at radius 1 is 1.19 bits per heavy atom. The van der Waals surface area contributed by atoms with E-state index in [1.807, 2.05) is 0 Å². The van der Waals surface area contributed by atoms with Gasteiger partial charge in [-0.15, -0.1) is 5.10 Å². The third kappa shape index (κ3) is 5.29. The molecular formula is C23H24F3N7O3. The summed E-state index contributed by atoms with van der Waals surface area (Å²) in [5.74, 6) is -0.475. The van der Waals surface area contributed by atoms with Gasteiger partial charge in [0.2, 0.25) is 5.91 Å². The molecule has 0 saturated carbocycles. The lowest BCUT2D eigenvalue weighted by Crippen LogP contribution is -2.44. The highest BCUT2D eigenvalue weighted by Crippen LogP contribution is 2.31. The standard InChI is InChI=1S/C23H24F3N7O3/c1-13-9-16(28-20(10-13)29-19-11-15(6-7-27-19)23(24,25)26)17-12-33(31-30-17)14(2)21(34)32-8-4-5-18(32)22(35)36-3/h6-7,9-12,14,18H,4-5,8H2,1-3H3,(H,27,28,29)/t14-,18-/m0/s1. The molecule has 3 aromatic heterocycles. The number of methoxy groups -OCH3 is 1. The minimum Gasteiger partial charge on any atom is -0.467 e. The lowest BCUT2D eigenvalue weighted by atomic mass is 10.2. The molecular weight excluding hydrogens is 479 g/mol. The van der Waals surface area contributed by atoms with Crippen molar-refractivity contribution in [3.63, 3.8) is 0 Å². The van der Waals surface area contributed by atoms with Crippen LogP contribution in [0.2, 0.25) is 0 Å². The van der Waals surface area contributed by atoms with Crippen LogP contribution in [-0.4, -0.2) is 61.4 Å². The zero-order valence-corrected chi connectivity index (χ0v) is 19.8. The van der Waals surface area contributed by atoms with Crippen LogP contribution in [0.3, 0.4) is 0 Å². The Morgan fingerprint density at radius 3 is 2.69 bits per heavy atom. The number of esters is 1. The van der Waals surface area contributed by atoms with E-state index in [1.165, 1.54) is 16.7 Å². The van der Waals surface area contributed by atoms with Crippen molar-refractivity contribution >= 4 is 23.5 Å². The fourth-order valence-electron chi connectivity index (χ4n) is 4.02. The molecule has 0 aromatic carbocycles. The van der Waals surface area contributed by atoms with Crippen LogP contribution in [0.4, 0.5) is 24.8 Å². The van der Waals surface area contributed by atoms with Gasteiger partial charge in [-0.25, -0.2) is 19.4 Å². The molecule has 10 nitrogen and oxygen atoms in total. The van der Waals surface area contributed by atoms with Crippen molar-refractivity contribution in [3.05, 3.63) is 47.8 Å². The monoisotopic (exact) mass is 503 g/mol. The van der Waals surface area contributed by atoms with E-state index < -0.39 is 29.8 Å². The molecule has 3 aromatic rings. The number of ether oxygens (including phenoxy) is 1. The van der Waals surface area contributed by atoms with Crippen LogP contribution in [0.15, 0.2) is 36.7 Å².